The molecule has 1 aromatic heterocycles. The van der Waals surface area contributed by atoms with Crippen LogP contribution in [-0.2, 0) is 47.4 Å². The Bertz CT molecular complexity index is 2510. The SMILES string of the molecule is CN(c1ccc2c(O)c(N=Nc3cc(S(=O)(=O)O)ccc3O)c(S(=O)(=O)O)cc2c1)c1nc(Cl)nc(Nc2ccccc2S(=O)(=O)O)n1.[Cu].[Na+].[Na+].[Na+]. The molecule has 0 bridgehead atoms. The molecule has 1 heterocycles. The van der Waals surface area contributed by atoms with Gasteiger partial charge < -0.3 is 20.4 Å². The number of para-hydroxylation sites is 1. The van der Waals surface area contributed by atoms with Crippen LogP contribution in [0.4, 0.5) is 34.6 Å². The monoisotopic (exact) mass is 869 g/mol. The summed E-state index contributed by atoms with van der Waals surface area (Å²) in [6, 6.07) is 13.0. The predicted molar refractivity (Wildman–Crippen MR) is 170 cm³/mol. The number of benzene rings is 4. The number of hydrogen-bond donors (Lipinski definition) is 6. The number of rotatable bonds is 9. The molecule has 1 radical (unpaired) electrons. The topological polar surface area (TPSA) is 282 Å². The number of anilines is 4. The number of aromatic hydroxyl groups is 2. The van der Waals surface area contributed by atoms with E-state index in [0.29, 0.717) is 0 Å². The van der Waals surface area contributed by atoms with Crippen molar-refractivity contribution in [3.05, 3.63) is 72.0 Å². The van der Waals surface area contributed by atoms with E-state index in [1.807, 2.05) is 0 Å². The molecule has 0 saturated heterocycles. The van der Waals surface area contributed by atoms with Gasteiger partial charge in [0.25, 0.3) is 30.4 Å². The van der Waals surface area contributed by atoms with Crippen molar-refractivity contribution in [2.45, 2.75) is 14.7 Å². The zero-order chi connectivity index (χ0) is 35.2. The van der Waals surface area contributed by atoms with Crippen molar-refractivity contribution in [1.82, 2.24) is 15.0 Å². The minimum Gasteiger partial charge on any atom is -0.506 e. The molecular weight excluding hydrogens is 850 g/mol. The molecule has 26 heteroatoms. The maximum absolute atomic E-state index is 12.3. The number of hydrogen-bond acceptors (Lipinski definition) is 15. The molecule has 0 atom stereocenters. The molecule has 4 aromatic carbocycles. The summed E-state index contributed by atoms with van der Waals surface area (Å²) in [4.78, 5) is 11.5. The van der Waals surface area contributed by atoms with Crippen LogP contribution in [-0.4, -0.2) is 71.1 Å². The van der Waals surface area contributed by atoms with Crippen LogP contribution >= 0.6 is 11.6 Å². The summed E-state index contributed by atoms with van der Waals surface area (Å²) in [5.41, 5.74) is -1.05. The van der Waals surface area contributed by atoms with Gasteiger partial charge in [0.15, 0.2) is 5.75 Å². The van der Waals surface area contributed by atoms with Crippen molar-refractivity contribution in [2.75, 3.05) is 17.3 Å². The summed E-state index contributed by atoms with van der Waals surface area (Å²) >= 11 is 6.10. The molecule has 0 aliphatic carbocycles. The van der Waals surface area contributed by atoms with E-state index >= 15 is 0 Å². The Balaban J connectivity index is 0.00000338. The maximum Gasteiger partial charge on any atom is 1.00 e. The molecule has 0 fully saturated rings. The summed E-state index contributed by atoms with van der Waals surface area (Å²) < 4.78 is 99.9. The van der Waals surface area contributed by atoms with Crippen molar-refractivity contribution in [3.63, 3.8) is 0 Å². The van der Waals surface area contributed by atoms with Crippen molar-refractivity contribution in [2.24, 2.45) is 10.2 Å². The third kappa shape index (κ3) is 11.3. The predicted octanol–water partition coefficient (Wildman–Crippen LogP) is -4.23. The summed E-state index contributed by atoms with van der Waals surface area (Å²) in [5.74, 6) is -1.66. The Morgan fingerprint density at radius 3 is 2.00 bits per heavy atom. The Kier molecular flexibility index (Phi) is 17.6. The fraction of sp³-hybridized carbons (Fsp3) is 0.0385. The molecule has 0 aliphatic heterocycles. The smallest absolute Gasteiger partial charge is 0.506 e. The van der Waals surface area contributed by atoms with Crippen molar-refractivity contribution < 1.29 is 155 Å². The van der Waals surface area contributed by atoms with E-state index in [1.165, 1.54) is 48.3 Å². The standard InChI is InChI=1S/C26H20ClN7O11S3.Cu.3Na/c1-34(26-30-24(27)29-25(31-26)28-17-4-2-3-5-20(17)47(40,41)42)14-6-8-16-13(10-14)11-21(48(43,44)45)22(23(16)36)33-32-18-12-15(46(37,38)39)7-9-19(18)35;;;;/h2-12,35-36H,1H3,(H,37,38,39)(H,40,41,42)(H,43,44,45)(H,28,29,30,31);;;;/q;;3*+1. The molecule has 0 spiro atoms. The molecular formula is C26H20ClCuN7Na3O11S3+3. The van der Waals surface area contributed by atoms with E-state index in [0.717, 1.165) is 30.3 Å². The van der Waals surface area contributed by atoms with E-state index < -0.39 is 67.9 Å². The average Bonchev–Trinajstić information content (AvgIpc) is 2.99. The summed E-state index contributed by atoms with van der Waals surface area (Å²) in [6.07, 6.45) is 0. The van der Waals surface area contributed by atoms with Crippen LogP contribution in [0.15, 0.2) is 91.6 Å². The second-order valence-electron chi connectivity index (χ2n) is 9.66. The van der Waals surface area contributed by atoms with Gasteiger partial charge in [-0.25, -0.2) is 0 Å². The average molecular weight is 871 g/mol. The van der Waals surface area contributed by atoms with Crippen LogP contribution in [0.2, 0.25) is 5.28 Å². The Morgan fingerprint density at radius 2 is 1.38 bits per heavy atom. The van der Waals surface area contributed by atoms with Gasteiger partial charge in [-0.2, -0.15) is 40.2 Å². The molecule has 6 N–H and O–H groups in total. The van der Waals surface area contributed by atoms with E-state index in [4.69, 9.17) is 11.6 Å². The summed E-state index contributed by atoms with van der Waals surface area (Å²) in [6.45, 7) is 0. The number of aromatic nitrogens is 3. The molecule has 5 rings (SSSR count). The van der Waals surface area contributed by atoms with E-state index in [1.54, 1.807) is 0 Å². The maximum atomic E-state index is 12.3. The number of azo groups is 1. The van der Waals surface area contributed by atoms with Gasteiger partial charge in [0.2, 0.25) is 17.2 Å². The first-order chi connectivity index (χ1) is 22.3. The number of fused-ring (bicyclic) bond motifs is 1. The molecule has 0 saturated carbocycles. The van der Waals surface area contributed by atoms with E-state index in [-0.39, 0.29) is 145 Å². The van der Waals surface area contributed by atoms with Crippen LogP contribution in [0, 0.1) is 0 Å². The number of halogens is 1. The third-order valence-electron chi connectivity index (χ3n) is 6.51. The Hall–Kier alpha value is -1.51. The van der Waals surface area contributed by atoms with Gasteiger partial charge >= 0.3 is 88.7 Å². The van der Waals surface area contributed by atoms with Gasteiger partial charge in [-0.05, 0) is 71.6 Å². The second-order valence-corrected chi connectivity index (χ2v) is 14.2. The second kappa shape index (κ2) is 18.9. The number of phenolic OH excluding ortho intramolecular Hbond substituents is 2. The number of phenols is 2. The first-order valence-electron chi connectivity index (χ1n) is 12.8. The fourth-order valence-corrected chi connectivity index (χ4v) is 6.23. The van der Waals surface area contributed by atoms with Crippen LogP contribution in [0.1, 0.15) is 0 Å². The third-order valence-corrected chi connectivity index (χ3v) is 9.31. The molecule has 261 valence electrons. The first kappa shape index (κ1) is 48.5. The number of nitrogens with zero attached hydrogens (tertiary/aromatic N) is 6. The molecule has 52 heavy (non-hydrogen) atoms. The van der Waals surface area contributed by atoms with E-state index in [9.17, 15) is 49.1 Å². The van der Waals surface area contributed by atoms with E-state index in [2.05, 4.69) is 30.5 Å². The van der Waals surface area contributed by atoms with Gasteiger partial charge in [0.05, 0.1) is 10.6 Å². The van der Waals surface area contributed by atoms with Crippen LogP contribution in [0.3, 0.4) is 0 Å². The van der Waals surface area contributed by atoms with Crippen LogP contribution in [0.5, 0.6) is 11.5 Å². The number of nitrogens with one attached hydrogen (secondary N) is 1. The zero-order valence-corrected chi connectivity index (χ0v) is 37.3. The molecule has 0 amide bonds. The normalized spacial score (nSPS) is 11.5. The Morgan fingerprint density at radius 1 is 0.750 bits per heavy atom. The van der Waals surface area contributed by atoms with Crippen LogP contribution in [0.25, 0.3) is 10.8 Å². The van der Waals surface area contributed by atoms with Crippen molar-refractivity contribution in [1.29, 1.82) is 0 Å². The van der Waals surface area contributed by atoms with Crippen LogP contribution < -0.4 is 98.9 Å². The largest absolute Gasteiger partial charge is 1.00 e. The van der Waals surface area contributed by atoms with Gasteiger partial charge in [-0.3, -0.25) is 13.7 Å². The van der Waals surface area contributed by atoms with Crippen molar-refractivity contribution in [3.8, 4) is 11.5 Å². The summed E-state index contributed by atoms with van der Waals surface area (Å²) in [7, 11) is -12.9. The summed E-state index contributed by atoms with van der Waals surface area (Å²) in [5, 5.41) is 30.7. The molecule has 5 aromatic rings. The van der Waals surface area contributed by atoms with Gasteiger partial charge in [-0.15, -0.1) is 10.2 Å². The molecule has 18 nitrogen and oxygen atoms in total. The van der Waals surface area contributed by atoms with Crippen molar-refractivity contribution >= 4 is 87.4 Å². The fourth-order valence-electron chi connectivity index (χ4n) is 4.26. The van der Waals surface area contributed by atoms with Gasteiger partial charge in [-0.1, -0.05) is 12.1 Å². The molecule has 0 aliphatic rings. The minimum absolute atomic E-state index is 0. The van der Waals surface area contributed by atoms with Gasteiger partial charge in [0.1, 0.15) is 26.9 Å². The first-order valence-corrected chi connectivity index (χ1v) is 17.5. The zero-order valence-electron chi connectivity index (χ0n) is 27.1. The Labute approximate surface area is 378 Å². The van der Waals surface area contributed by atoms with Gasteiger partial charge in [0, 0.05) is 35.2 Å². The molecule has 0 unspecified atom stereocenters. The quantitative estimate of drug-likeness (QED) is 0.0465. The minimum atomic E-state index is -5.08.